The van der Waals surface area contributed by atoms with Crippen molar-refractivity contribution >= 4 is 0 Å². The fourth-order valence-electron chi connectivity index (χ4n) is 2.54. The van der Waals surface area contributed by atoms with Gasteiger partial charge in [0.15, 0.2) is 0 Å². The molecule has 1 aromatic carbocycles. The molecule has 1 aliphatic rings. The third-order valence-corrected chi connectivity index (χ3v) is 3.83. The van der Waals surface area contributed by atoms with E-state index in [1.54, 1.807) is 0 Å². The van der Waals surface area contributed by atoms with Gasteiger partial charge in [-0.05, 0) is 43.4 Å². The lowest BCUT2D eigenvalue weighted by molar-refractivity contribution is 0.237. The standard InChI is InChI=1S/C16H26N2/c1-2-15-6-8-16(9-7-15)5-3-4-12-18-13-10-17-11-14-18/h6-9,17H,2-5,10-14H2,1H3. The van der Waals surface area contributed by atoms with Crippen LogP contribution in [0.25, 0.3) is 0 Å². The van der Waals surface area contributed by atoms with Crippen LogP contribution in [0.15, 0.2) is 24.3 Å². The summed E-state index contributed by atoms with van der Waals surface area (Å²) in [6.45, 7) is 8.27. The van der Waals surface area contributed by atoms with Crippen molar-refractivity contribution in [1.82, 2.24) is 10.2 Å². The van der Waals surface area contributed by atoms with Gasteiger partial charge in [-0.2, -0.15) is 0 Å². The Morgan fingerprint density at radius 1 is 1.00 bits per heavy atom. The largest absolute Gasteiger partial charge is 0.314 e. The first-order chi connectivity index (χ1) is 8.88. The van der Waals surface area contributed by atoms with Crippen molar-refractivity contribution in [3.63, 3.8) is 0 Å². The predicted molar refractivity (Wildman–Crippen MR) is 78.1 cm³/mol. The number of hydrogen-bond acceptors (Lipinski definition) is 2. The normalized spacial score (nSPS) is 16.9. The van der Waals surface area contributed by atoms with Gasteiger partial charge in [0, 0.05) is 26.2 Å². The third kappa shape index (κ3) is 4.43. The summed E-state index contributed by atoms with van der Waals surface area (Å²) in [6.07, 6.45) is 5.02. The van der Waals surface area contributed by atoms with Crippen LogP contribution in [-0.2, 0) is 12.8 Å². The first-order valence-corrected chi connectivity index (χ1v) is 7.39. The number of aryl methyl sites for hydroxylation is 2. The van der Waals surface area contributed by atoms with Crippen LogP contribution in [-0.4, -0.2) is 37.6 Å². The van der Waals surface area contributed by atoms with E-state index in [9.17, 15) is 0 Å². The van der Waals surface area contributed by atoms with Gasteiger partial charge in [-0.1, -0.05) is 31.2 Å². The molecule has 100 valence electrons. The lowest BCUT2D eigenvalue weighted by atomic mass is 10.0. The van der Waals surface area contributed by atoms with Gasteiger partial charge in [0.2, 0.25) is 0 Å². The van der Waals surface area contributed by atoms with Crippen LogP contribution in [0.1, 0.15) is 30.9 Å². The fourth-order valence-corrected chi connectivity index (χ4v) is 2.54. The van der Waals surface area contributed by atoms with E-state index in [1.165, 1.54) is 63.1 Å². The maximum Gasteiger partial charge on any atom is 0.0107 e. The second-order valence-electron chi connectivity index (χ2n) is 5.22. The van der Waals surface area contributed by atoms with Crippen LogP contribution in [0.4, 0.5) is 0 Å². The minimum atomic E-state index is 1.14. The summed E-state index contributed by atoms with van der Waals surface area (Å²) >= 11 is 0. The van der Waals surface area contributed by atoms with Crippen LogP contribution in [0.2, 0.25) is 0 Å². The van der Waals surface area contributed by atoms with E-state index < -0.39 is 0 Å². The highest BCUT2D eigenvalue weighted by atomic mass is 15.2. The highest BCUT2D eigenvalue weighted by molar-refractivity contribution is 5.22. The molecule has 0 spiro atoms. The summed E-state index contributed by atoms with van der Waals surface area (Å²) in [5.41, 5.74) is 2.94. The molecule has 1 saturated heterocycles. The first kappa shape index (κ1) is 13.6. The van der Waals surface area contributed by atoms with Crippen LogP contribution in [0.3, 0.4) is 0 Å². The van der Waals surface area contributed by atoms with Crippen LogP contribution in [0.5, 0.6) is 0 Å². The zero-order chi connectivity index (χ0) is 12.6. The van der Waals surface area contributed by atoms with E-state index in [0.29, 0.717) is 0 Å². The molecule has 2 nitrogen and oxygen atoms in total. The fraction of sp³-hybridized carbons (Fsp3) is 0.625. The molecule has 1 aliphatic heterocycles. The summed E-state index contributed by atoms with van der Waals surface area (Å²) in [4.78, 5) is 2.58. The van der Waals surface area contributed by atoms with E-state index in [2.05, 4.69) is 41.4 Å². The molecule has 0 aromatic heterocycles. The summed E-state index contributed by atoms with van der Waals surface area (Å²) in [7, 11) is 0. The van der Waals surface area contributed by atoms with Crippen LogP contribution >= 0.6 is 0 Å². The minimum absolute atomic E-state index is 1.14. The maximum absolute atomic E-state index is 3.40. The van der Waals surface area contributed by atoms with Gasteiger partial charge < -0.3 is 10.2 Å². The monoisotopic (exact) mass is 246 g/mol. The van der Waals surface area contributed by atoms with Gasteiger partial charge in [0.1, 0.15) is 0 Å². The average Bonchev–Trinajstić information content (AvgIpc) is 2.45. The summed E-state index contributed by atoms with van der Waals surface area (Å²) in [5, 5.41) is 3.40. The van der Waals surface area contributed by atoms with E-state index in [0.717, 1.165) is 6.42 Å². The van der Waals surface area contributed by atoms with Gasteiger partial charge in [-0.25, -0.2) is 0 Å². The van der Waals surface area contributed by atoms with Crippen molar-refractivity contribution in [3.8, 4) is 0 Å². The molecule has 0 radical (unpaired) electrons. The van der Waals surface area contributed by atoms with Crippen molar-refractivity contribution in [3.05, 3.63) is 35.4 Å². The minimum Gasteiger partial charge on any atom is -0.314 e. The number of piperazine rings is 1. The zero-order valence-electron chi connectivity index (χ0n) is 11.6. The topological polar surface area (TPSA) is 15.3 Å². The maximum atomic E-state index is 3.40. The molecule has 2 heteroatoms. The van der Waals surface area contributed by atoms with E-state index in [4.69, 9.17) is 0 Å². The van der Waals surface area contributed by atoms with Gasteiger partial charge in [0.25, 0.3) is 0 Å². The quantitative estimate of drug-likeness (QED) is 0.776. The molecule has 1 heterocycles. The Bertz CT molecular complexity index is 325. The Morgan fingerprint density at radius 2 is 1.67 bits per heavy atom. The Kier molecular flexibility index (Phi) is 5.69. The molecule has 0 saturated carbocycles. The molecule has 0 unspecified atom stereocenters. The molecule has 18 heavy (non-hydrogen) atoms. The number of unbranched alkanes of at least 4 members (excludes halogenated alkanes) is 1. The third-order valence-electron chi connectivity index (χ3n) is 3.83. The van der Waals surface area contributed by atoms with E-state index in [-0.39, 0.29) is 0 Å². The van der Waals surface area contributed by atoms with Gasteiger partial charge in [-0.3, -0.25) is 0 Å². The van der Waals surface area contributed by atoms with Crippen molar-refractivity contribution in [2.24, 2.45) is 0 Å². The second-order valence-corrected chi connectivity index (χ2v) is 5.22. The van der Waals surface area contributed by atoms with Gasteiger partial charge in [0.05, 0.1) is 0 Å². The van der Waals surface area contributed by atoms with Crippen molar-refractivity contribution in [2.45, 2.75) is 32.6 Å². The Morgan fingerprint density at radius 3 is 2.33 bits per heavy atom. The van der Waals surface area contributed by atoms with Crippen molar-refractivity contribution in [2.75, 3.05) is 32.7 Å². The Balaban J connectivity index is 1.62. The average molecular weight is 246 g/mol. The second kappa shape index (κ2) is 7.55. The summed E-state index contributed by atoms with van der Waals surface area (Å²) in [6, 6.07) is 9.13. The zero-order valence-corrected chi connectivity index (χ0v) is 11.6. The number of nitrogens with one attached hydrogen (secondary N) is 1. The van der Waals surface area contributed by atoms with Gasteiger partial charge in [-0.15, -0.1) is 0 Å². The highest BCUT2D eigenvalue weighted by Gasteiger charge is 2.08. The SMILES string of the molecule is CCc1ccc(CCCCN2CCNCC2)cc1. The summed E-state index contributed by atoms with van der Waals surface area (Å²) in [5.74, 6) is 0. The summed E-state index contributed by atoms with van der Waals surface area (Å²) < 4.78 is 0. The van der Waals surface area contributed by atoms with E-state index in [1.807, 2.05) is 0 Å². The molecule has 0 atom stereocenters. The lowest BCUT2D eigenvalue weighted by Gasteiger charge is -2.27. The molecule has 1 aromatic rings. The Hall–Kier alpha value is -0.860. The van der Waals surface area contributed by atoms with Gasteiger partial charge >= 0.3 is 0 Å². The molecule has 0 bridgehead atoms. The molecular formula is C16H26N2. The van der Waals surface area contributed by atoms with Crippen LogP contribution in [0, 0.1) is 0 Å². The molecule has 1 fully saturated rings. The van der Waals surface area contributed by atoms with Crippen molar-refractivity contribution in [1.29, 1.82) is 0 Å². The smallest absolute Gasteiger partial charge is 0.0107 e. The highest BCUT2D eigenvalue weighted by Crippen LogP contribution is 2.09. The van der Waals surface area contributed by atoms with Crippen molar-refractivity contribution < 1.29 is 0 Å². The number of hydrogen-bond donors (Lipinski definition) is 1. The molecule has 1 N–H and O–H groups in total. The molecule has 0 amide bonds. The lowest BCUT2D eigenvalue weighted by Crippen LogP contribution is -2.43. The molecule has 2 rings (SSSR count). The number of benzene rings is 1. The van der Waals surface area contributed by atoms with E-state index >= 15 is 0 Å². The Labute approximate surface area is 111 Å². The van der Waals surface area contributed by atoms with Crippen LogP contribution < -0.4 is 5.32 Å². The number of rotatable bonds is 6. The first-order valence-electron chi connectivity index (χ1n) is 7.39. The molecule has 0 aliphatic carbocycles. The number of nitrogens with zero attached hydrogens (tertiary/aromatic N) is 1. The predicted octanol–water partition coefficient (Wildman–Crippen LogP) is 2.48. The molecular weight excluding hydrogens is 220 g/mol.